The summed E-state index contributed by atoms with van der Waals surface area (Å²) in [6.45, 7) is 0. The molecule has 1 N–H and O–H groups in total. The third kappa shape index (κ3) is 1.99. The van der Waals surface area contributed by atoms with Crippen LogP contribution in [0.15, 0.2) is 42.6 Å². The molecule has 19 heavy (non-hydrogen) atoms. The summed E-state index contributed by atoms with van der Waals surface area (Å²) in [6, 6.07) is 10.3. The number of benzene rings is 1. The first kappa shape index (κ1) is 11.8. The third-order valence-electron chi connectivity index (χ3n) is 3.62. The van der Waals surface area contributed by atoms with Gasteiger partial charge in [0, 0.05) is 5.56 Å². The molecule has 3 rings (SSSR count). The Bertz CT molecular complexity index is 616. The van der Waals surface area contributed by atoms with Gasteiger partial charge in [-0.15, -0.1) is 0 Å². The van der Waals surface area contributed by atoms with Crippen LogP contribution in [0.2, 0.25) is 0 Å². The van der Waals surface area contributed by atoms with Gasteiger partial charge in [-0.3, -0.25) is 9.78 Å². The molecule has 0 amide bonds. The number of rotatable bonds is 3. The Morgan fingerprint density at radius 1 is 1.16 bits per heavy atom. The molecule has 0 atom stereocenters. The smallest absolute Gasteiger partial charge is 0.314 e. The molecule has 0 saturated heterocycles. The van der Waals surface area contributed by atoms with E-state index in [1.165, 1.54) is 12.3 Å². The van der Waals surface area contributed by atoms with Crippen LogP contribution in [-0.4, -0.2) is 16.1 Å². The molecule has 3 nitrogen and oxygen atoms in total. The van der Waals surface area contributed by atoms with Gasteiger partial charge < -0.3 is 5.11 Å². The first-order valence-electron chi connectivity index (χ1n) is 6.08. The maximum atomic E-state index is 12.8. The Morgan fingerprint density at radius 3 is 2.32 bits per heavy atom. The third-order valence-corrected chi connectivity index (χ3v) is 3.62. The highest BCUT2D eigenvalue weighted by atomic mass is 19.1. The van der Waals surface area contributed by atoms with Crippen LogP contribution in [0, 0.1) is 5.82 Å². The minimum absolute atomic E-state index is 0.372. The number of hydrogen-bond acceptors (Lipinski definition) is 2. The van der Waals surface area contributed by atoms with Crippen LogP contribution in [0.4, 0.5) is 4.39 Å². The predicted molar refractivity (Wildman–Crippen MR) is 68.2 cm³/mol. The van der Waals surface area contributed by atoms with E-state index in [1.54, 1.807) is 6.07 Å². The second kappa shape index (κ2) is 4.16. The van der Waals surface area contributed by atoms with Crippen LogP contribution in [0.3, 0.4) is 0 Å². The standard InChI is InChI=1S/C15H12FNO2/c16-12-5-6-13(17-9-12)10-1-3-11(4-2-10)15(7-8-15)14(18)19/h1-6,9H,7-8H2,(H,18,19). The molecule has 1 aromatic carbocycles. The molecule has 1 heterocycles. The van der Waals surface area contributed by atoms with Gasteiger partial charge in [0.1, 0.15) is 5.82 Å². The Balaban J connectivity index is 1.91. The second-order valence-electron chi connectivity index (χ2n) is 4.83. The highest BCUT2D eigenvalue weighted by Gasteiger charge is 2.51. The summed E-state index contributed by atoms with van der Waals surface area (Å²) in [5, 5.41) is 9.22. The topological polar surface area (TPSA) is 50.2 Å². The van der Waals surface area contributed by atoms with E-state index < -0.39 is 11.4 Å². The molecular weight excluding hydrogens is 245 g/mol. The number of carboxylic acids is 1. The minimum atomic E-state index is -0.764. The number of aliphatic carboxylic acids is 1. The molecule has 0 unspecified atom stereocenters. The van der Waals surface area contributed by atoms with Crippen molar-refractivity contribution in [2.45, 2.75) is 18.3 Å². The second-order valence-corrected chi connectivity index (χ2v) is 4.83. The van der Waals surface area contributed by atoms with E-state index in [-0.39, 0.29) is 5.82 Å². The summed E-state index contributed by atoms with van der Waals surface area (Å²) < 4.78 is 12.8. The number of halogens is 1. The number of nitrogens with zero attached hydrogens (tertiary/aromatic N) is 1. The Morgan fingerprint density at radius 2 is 1.84 bits per heavy atom. The minimum Gasteiger partial charge on any atom is -0.481 e. The highest BCUT2D eigenvalue weighted by molar-refractivity contribution is 5.85. The Kier molecular flexibility index (Phi) is 2.59. The molecule has 1 aliphatic carbocycles. The van der Waals surface area contributed by atoms with Crippen LogP contribution in [0.5, 0.6) is 0 Å². The van der Waals surface area contributed by atoms with Gasteiger partial charge in [-0.1, -0.05) is 24.3 Å². The van der Waals surface area contributed by atoms with Crippen molar-refractivity contribution in [3.8, 4) is 11.3 Å². The van der Waals surface area contributed by atoms with E-state index in [9.17, 15) is 14.3 Å². The number of aromatic nitrogens is 1. The van der Waals surface area contributed by atoms with E-state index in [4.69, 9.17) is 0 Å². The van der Waals surface area contributed by atoms with Crippen LogP contribution in [0.1, 0.15) is 18.4 Å². The van der Waals surface area contributed by atoms with E-state index in [0.29, 0.717) is 18.5 Å². The van der Waals surface area contributed by atoms with E-state index in [0.717, 1.165) is 11.1 Å². The Labute approximate surface area is 109 Å². The molecule has 4 heteroatoms. The molecule has 0 bridgehead atoms. The van der Waals surface area contributed by atoms with Crippen molar-refractivity contribution in [1.82, 2.24) is 4.98 Å². The first-order valence-corrected chi connectivity index (χ1v) is 6.08. The van der Waals surface area contributed by atoms with Crippen molar-refractivity contribution < 1.29 is 14.3 Å². The fraction of sp³-hybridized carbons (Fsp3) is 0.200. The largest absolute Gasteiger partial charge is 0.481 e. The van der Waals surface area contributed by atoms with E-state index in [1.807, 2.05) is 24.3 Å². The van der Waals surface area contributed by atoms with Crippen LogP contribution < -0.4 is 0 Å². The summed E-state index contributed by atoms with van der Waals surface area (Å²) in [5.74, 6) is -1.14. The fourth-order valence-electron chi connectivity index (χ4n) is 2.26. The zero-order chi connectivity index (χ0) is 13.5. The number of carbonyl (C=O) groups is 1. The van der Waals surface area contributed by atoms with Gasteiger partial charge in [0.2, 0.25) is 0 Å². The Hall–Kier alpha value is -2.23. The summed E-state index contributed by atoms with van der Waals surface area (Å²) in [4.78, 5) is 15.2. The van der Waals surface area contributed by atoms with E-state index >= 15 is 0 Å². The van der Waals surface area contributed by atoms with Crippen LogP contribution >= 0.6 is 0 Å². The molecule has 1 aliphatic rings. The molecule has 0 spiro atoms. The van der Waals surface area contributed by atoms with Gasteiger partial charge in [-0.25, -0.2) is 4.39 Å². The number of pyridine rings is 1. The molecule has 1 aromatic heterocycles. The lowest BCUT2D eigenvalue weighted by atomic mass is 9.95. The zero-order valence-electron chi connectivity index (χ0n) is 10.1. The van der Waals surface area contributed by atoms with Crippen molar-refractivity contribution in [3.63, 3.8) is 0 Å². The fourth-order valence-corrected chi connectivity index (χ4v) is 2.26. The van der Waals surface area contributed by atoms with Crippen molar-refractivity contribution in [2.24, 2.45) is 0 Å². The van der Waals surface area contributed by atoms with E-state index in [2.05, 4.69) is 4.98 Å². The summed E-state index contributed by atoms with van der Waals surface area (Å²) in [5.41, 5.74) is 1.67. The van der Waals surface area contributed by atoms with Gasteiger partial charge in [-0.05, 0) is 30.5 Å². The van der Waals surface area contributed by atoms with Crippen molar-refractivity contribution in [1.29, 1.82) is 0 Å². The van der Waals surface area contributed by atoms with Gasteiger partial charge in [0.15, 0.2) is 0 Å². The lowest BCUT2D eigenvalue weighted by molar-refractivity contribution is -0.140. The monoisotopic (exact) mass is 257 g/mol. The van der Waals surface area contributed by atoms with Gasteiger partial charge in [-0.2, -0.15) is 0 Å². The maximum absolute atomic E-state index is 12.8. The lowest BCUT2D eigenvalue weighted by Gasteiger charge is -2.10. The molecule has 0 radical (unpaired) electrons. The average molecular weight is 257 g/mol. The van der Waals surface area contributed by atoms with Crippen molar-refractivity contribution >= 4 is 5.97 Å². The molecule has 1 saturated carbocycles. The van der Waals surface area contributed by atoms with Gasteiger partial charge in [0.25, 0.3) is 0 Å². The van der Waals surface area contributed by atoms with Crippen molar-refractivity contribution in [3.05, 3.63) is 54.0 Å². The predicted octanol–water partition coefficient (Wildman–Crippen LogP) is 3.00. The average Bonchev–Trinajstić information content (AvgIpc) is 3.21. The maximum Gasteiger partial charge on any atom is 0.314 e. The lowest BCUT2D eigenvalue weighted by Crippen LogP contribution is -2.19. The highest BCUT2D eigenvalue weighted by Crippen LogP contribution is 2.48. The number of carboxylic acid groups (broad SMARTS) is 1. The normalized spacial score (nSPS) is 16.1. The van der Waals surface area contributed by atoms with Gasteiger partial charge >= 0.3 is 5.97 Å². The summed E-state index contributed by atoms with van der Waals surface area (Å²) in [7, 11) is 0. The van der Waals surface area contributed by atoms with Crippen LogP contribution in [0.25, 0.3) is 11.3 Å². The quantitative estimate of drug-likeness (QED) is 0.919. The van der Waals surface area contributed by atoms with Crippen LogP contribution in [-0.2, 0) is 10.2 Å². The van der Waals surface area contributed by atoms with Gasteiger partial charge in [0.05, 0.1) is 17.3 Å². The summed E-state index contributed by atoms with van der Waals surface area (Å²) >= 11 is 0. The van der Waals surface area contributed by atoms with Crippen molar-refractivity contribution in [2.75, 3.05) is 0 Å². The molecule has 1 fully saturated rings. The molecule has 0 aliphatic heterocycles. The molecule has 2 aromatic rings. The SMILES string of the molecule is O=C(O)C1(c2ccc(-c3ccc(F)cn3)cc2)CC1. The molecular formula is C15H12FNO2. The zero-order valence-corrected chi connectivity index (χ0v) is 10.1. The molecule has 96 valence electrons. The summed E-state index contributed by atoms with van der Waals surface area (Å²) in [6.07, 6.45) is 2.55. The first-order chi connectivity index (χ1) is 9.12. The number of hydrogen-bond donors (Lipinski definition) is 1.